The number of hydrogen-bond acceptors (Lipinski definition) is 9. The van der Waals surface area contributed by atoms with Gasteiger partial charge in [-0.3, -0.25) is 4.79 Å². The molecule has 1 N–H and O–H groups in total. The number of nitrogens with zero attached hydrogens (tertiary/aromatic N) is 5. The van der Waals surface area contributed by atoms with Crippen LogP contribution in [0.1, 0.15) is 54.0 Å². The number of amides is 1. The number of rotatable bonds is 11. The predicted molar refractivity (Wildman–Crippen MR) is 156 cm³/mol. The number of nitrogens with one attached hydrogen (secondary N) is 1. The van der Waals surface area contributed by atoms with Crippen LogP contribution in [-0.4, -0.2) is 67.5 Å². The number of ether oxygens (including phenoxy) is 1. The first-order valence-corrected chi connectivity index (χ1v) is 14.9. The highest BCUT2D eigenvalue weighted by Gasteiger charge is 2.51. The lowest BCUT2D eigenvalue weighted by Crippen LogP contribution is -2.47. The standard InChI is InChI=1S/C26H39ClN6O2S2/c1-9-28-23-29-24(32(10-2)11-3)31-25(30-23)36-22-26(7,8)37-21(16(4)5)33(22)20(34)15-35-19-13-12-18(27)14-17(19)6/h12-14,16,21-22H,9-11,15H2,1-8H3,(H,28,29,30,31). The molecule has 0 aliphatic carbocycles. The van der Waals surface area contributed by atoms with E-state index in [-0.39, 0.29) is 33.9 Å². The van der Waals surface area contributed by atoms with E-state index in [2.05, 4.69) is 56.7 Å². The van der Waals surface area contributed by atoms with Crippen molar-refractivity contribution in [1.29, 1.82) is 0 Å². The first kappa shape index (κ1) is 29.6. The van der Waals surface area contributed by atoms with Gasteiger partial charge in [0.15, 0.2) is 11.8 Å². The van der Waals surface area contributed by atoms with Crippen molar-refractivity contribution >= 4 is 52.9 Å². The maximum atomic E-state index is 13.7. The third kappa shape index (κ3) is 7.15. The number of benzene rings is 1. The van der Waals surface area contributed by atoms with Gasteiger partial charge in [-0.05, 0) is 71.2 Å². The average molecular weight is 567 g/mol. The van der Waals surface area contributed by atoms with Crippen LogP contribution in [0.3, 0.4) is 0 Å². The second-order valence-corrected chi connectivity index (χ2v) is 13.0. The number of carbonyl (C=O) groups excluding carboxylic acids is 1. The fourth-order valence-electron chi connectivity index (χ4n) is 4.20. The van der Waals surface area contributed by atoms with Crippen LogP contribution in [0, 0.1) is 12.8 Å². The topological polar surface area (TPSA) is 83.5 Å². The van der Waals surface area contributed by atoms with Gasteiger partial charge in [0, 0.05) is 29.4 Å². The summed E-state index contributed by atoms with van der Waals surface area (Å²) in [6, 6.07) is 5.42. The summed E-state index contributed by atoms with van der Waals surface area (Å²) in [5.41, 5.74) is 0.896. The highest BCUT2D eigenvalue weighted by atomic mass is 35.5. The van der Waals surface area contributed by atoms with Crippen LogP contribution in [0.15, 0.2) is 23.4 Å². The smallest absolute Gasteiger partial charge is 0.262 e. The molecule has 0 spiro atoms. The molecule has 0 bridgehead atoms. The second-order valence-electron chi connectivity index (χ2n) is 9.77. The zero-order valence-electron chi connectivity index (χ0n) is 23.0. The van der Waals surface area contributed by atoms with Crippen molar-refractivity contribution < 1.29 is 9.53 Å². The summed E-state index contributed by atoms with van der Waals surface area (Å²) in [6.45, 7) is 19.0. The van der Waals surface area contributed by atoms with E-state index in [1.807, 2.05) is 42.6 Å². The Morgan fingerprint density at radius 1 is 1.24 bits per heavy atom. The van der Waals surface area contributed by atoms with Crippen LogP contribution in [0.5, 0.6) is 5.75 Å². The van der Waals surface area contributed by atoms with E-state index in [1.165, 1.54) is 11.8 Å². The van der Waals surface area contributed by atoms with Crippen LogP contribution >= 0.6 is 35.1 Å². The van der Waals surface area contributed by atoms with Gasteiger partial charge in [-0.2, -0.15) is 15.0 Å². The van der Waals surface area contributed by atoms with Crippen molar-refractivity contribution in [1.82, 2.24) is 19.9 Å². The van der Waals surface area contributed by atoms with Gasteiger partial charge in [-0.25, -0.2) is 0 Å². The molecule has 11 heteroatoms. The third-order valence-electron chi connectivity index (χ3n) is 6.09. The molecule has 1 aliphatic heterocycles. The van der Waals surface area contributed by atoms with Gasteiger partial charge in [-0.15, -0.1) is 11.8 Å². The molecule has 2 atom stereocenters. The Morgan fingerprint density at radius 3 is 2.54 bits per heavy atom. The molecule has 1 fully saturated rings. The van der Waals surface area contributed by atoms with Crippen LogP contribution in [0.2, 0.25) is 5.02 Å². The van der Waals surface area contributed by atoms with Gasteiger partial charge >= 0.3 is 0 Å². The molecular formula is C26H39ClN6O2S2. The SMILES string of the molecule is CCNc1nc(SC2N(C(=O)COc3ccc(Cl)cc3C)C(C(C)C)SC2(C)C)nc(N(CC)CC)n1. The molecule has 204 valence electrons. The van der Waals surface area contributed by atoms with E-state index in [0.29, 0.717) is 34.4 Å². The van der Waals surface area contributed by atoms with Crippen LogP contribution < -0.4 is 15.0 Å². The van der Waals surface area contributed by atoms with Gasteiger partial charge in [0.1, 0.15) is 11.1 Å². The highest BCUT2D eigenvalue weighted by Crippen LogP contribution is 2.52. The van der Waals surface area contributed by atoms with E-state index in [0.717, 1.165) is 18.7 Å². The number of carbonyl (C=O) groups is 1. The van der Waals surface area contributed by atoms with Gasteiger partial charge in [-0.1, -0.05) is 37.2 Å². The Hall–Kier alpha value is -1.91. The third-order valence-corrected chi connectivity index (χ3v) is 9.75. The minimum absolute atomic E-state index is 0.00671. The molecule has 2 unspecified atom stereocenters. The molecule has 37 heavy (non-hydrogen) atoms. The summed E-state index contributed by atoms with van der Waals surface area (Å²) in [5.74, 6) is 2.05. The minimum atomic E-state index is -0.230. The van der Waals surface area contributed by atoms with E-state index >= 15 is 0 Å². The molecule has 1 aromatic heterocycles. The number of aromatic nitrogens is 3. The molecule has 1 aromatic carbocycles. The molecule has 2 aromatic rings. The Bertz CT molecular complexity index is 1080. The van der Waals surface area contributed by atoms with Gasteiger partial charge in [0.25, 0.3) is 5.91 Å². The maximum absolute atomic E-state index is 13.7. The quantitative estimate of drug-likeness (QED) is 0.355. The van der Waals surface area contributed by atoms with Gasteiger partial charge < -0.3 is 19.9 Å². The molecule has 1 aliphatic rings. The van der Waals surface area contributed by atoms with Gasteiger partial charge in [0.05, 0.1) is 5.37 Å². The van der Waals surface area contributed by atoms with Gasteiger partial charge in [0.2, 0.25) is 11.9 Å². The zero-order chi connectivity index (χ0) is 27.3. The molecule has 1 amide bonds. The molecule has 1 saturated heterocycles. The van der Waals surface area contributed by atoms with E-state index in [4.69, 9.17) is 26.3 Å². The summed E-state index contributed by atoms with van der Waals surface area (Å²) in [4.78, 5) is 31.9. The molecule has 0 saturated carbocycles. The van der Waals surface area contributed by atoms with Crippen molar-refractivity contribution in [3.05, 3.63) is 28.8 Å². The summed E-state index contributed by atoms with van der Waals surface area (Å²) >= 11 is 9.42. The van der Waals surface area contributed by atoms with E-state index < -0.39 is 0 Å². The second kappa shape index (κ2) is 12.8. The first-order valence-electron chi connectivity index (χ1n) is 12.8. The minimum Gasteiger partial charge on any atom is -0.483 e. The maximum Gasteiger partial charge on any atom is 0.262 e. The van der Waals surface area contributed by atoms with Crippen LogP contribution in [0.4, 0.5) is 11.9 Å². The Morgan fingerprint density at radius 2 is 1.95 bits per heavy atom. The Balaban J connectivity index is 1.92. The summed E-state index contributed by atoms with van der Waals surface area (Å²) in [5, 5.41) is 4.29. The molecule has 0 radical (unpaired) electrons. The average Bonchev–Trinajstić information content (AvgIpc) is 3.10. The van der Waals surface area contributed by atoms with Crippen molar-refractivity contribution in [3.63, 3.8) is 0 Å². The number of hydrogen-bond donors (Lipinski definition) is 1. The van der Waals surface area contributed by atoms with Crippen LogP contribution in [0.25, 0.3) is 0 Å². The van der Waals surface area contributed by atoms with Crippen molar-refractivity contribution in [2.24, 2.45) is 5.92 Å². The number of aryl methyl sites for hydroxylation is 1. The number of thioether (sulfide) groups is 2. The molecule has 8 nitrogen and oxygen atoms in total. The fraction of sp³-hybridized carbons (Fsp3) is 0.615. The van der Waals surface area contributed by atoms with E-state index in [1.54, 1.807) is 6.07 Å². The zero-order valence-corrected chi connectivity index (χ0v) is 25.4. The Labute approximate surface area is 234 Å². The summed E-state index contributed by atoms with van der Waals surface area (Å²) in [7, 11) is 0. The van der Waals surface area contributed by atoms with Crippen LogP contribution in [-0.2, 0) is 4.79 Å². The Kier molecular flexibility index (Phi) is 10.2. The summed E-state index contributed by atoms with van der Waals surface area (Å²) < 4.78 is 5.73. The largest absolute Gasteiger partial charge is 0.483 e. The lowest BCUT2D eigenvalue weighted by molar-refractivity contribution is -0.135. The highest BCUT2D eigenvalue weighted by molar-refractivity contribution is 8.05. The fourth-order valence-corrected chi connectivity index (χ4v) is 7.41. The lowest BCUT2D eigenvalue weighted by Gasteiger charge is -2.33. The number of halogens is 1. The molecular weight excluding hydrogens is 528 g/mol. The van der Waals surface area contributed by atoms with Crippen molar-refractivity contribution in [2.75, 3.05) is 36.5 Å². The van der Waals surface area contributed by atoms with Crippen molar-refractivity contribution in [2.45, 2.75) is 76.0 Å². The van der Waals surface area contributed by atoms with Crippen molar-refractivity contribution in [3.8, 4) is 5.75 Å². The van der Waals surface area contributed by atoms with E-state index in [9.17, 15) is 4.79 Å². The lowest BCUT2D eigenvalue weighted by atomic mass is 10.1. The normalized spacial score (nSPS) is 18.8. The monoisotopic (exact) mass is 566 g/mol. The molecule has 2 heterocycles. The summed E-state index contributed by atoms with van der Waals surface area (Å²) in [6.07, 6.45) is 0. The first-order chi connectivity index (χ1) is 17.5. The molecule has 3 rings (SSSR count). The predicted octanol–water partition coefficient (Wildman–Crippen LogP) is 5.94. The number of anilines is 2.